The number of likely N-dealkylation sites (tertiary alicyclic amines) is 1. The number of aromatic nitrogens is 1. The van der Waals surface area contributed by atoms with Gasteiger partial charge in [-0.05, 0) is 65.3 Å². The standard InChI is InChI=1S/C17H28N4/c1-17(2,3)19-15-7-6-8-16(18-15)21-12-9-14(13-21)20-10-4-5-11-20/h6-8,14H,4-5,9-13H2,1-3H3,(H,18,19). The van der Waals surface area contributed by atoms with Gasteiger partial charge in [0.2, 0.25) is 0 Å². The zero-order valence-electron chi connectivity index (χ0n) is 13.6. The Morgan fingerprint density at radius 3 is 2.62 bits per heavy atom. The first kappa shape index (κ1) is 14.6. The summed E-state index contributed by atoms with van der Waals surface area (Å²) >= 11 is 0. The van der Waals surface area contributed by atoms with Gasteiger partial charge in [0.15, 0.2) is 0 Å². The van der Waals surface area contributed by atoms with E-state index in [1.807, 2.05) is 0 Å². The molecule has 4 heteroatoms. The molecule has 116 valence electrons. The first-order valence-corrected chi connectivity index (χ1v) is 8.25. The van der Waals surface area contributed by atoms with Crippen LogP contribution in [0.2, 0.25) is 0 Å². The van der Waals surface area contributed by atoms with Crippen LogP contribution in [0.5, 0.6) is 0 Å². The molecular formula is C17H28N4. The zero-order chi connectivity index (χ0) is 14.9. The van der Waals surface area contributed by atoms with Crippen molar-refractivity contribution >= 4 is 11.6 Å². The summed E-state index contributed by atoms with van der Waals surface area (Å²) < 4.78 is 0. The minimum absolute atomic E-state index is 0.0503. The summed E-state index contributed by atoms with van der Waals surface area (Å²) in [5.41, 5.74) is 0.0503. The summed E-state index contributed by atoms with van der Waals surface area (Å²) in [4.78, 5) is 9.90. The lowest BCUT2D eigenvalue weighted by Gasteiger charge is -2.25. The highest BCUT2D eigenvalue weighted by Crippen LogP contribution is 2.25. The van der Waals surface area contributed by atoms with Crippen molar-refractivity contribution in [3.05, 3.63) is 18.2 Å². The maximum absolute atomic E-state index is 4.80. The summed E-state index contributed by atoms with van der Waals surface area (Å²) in [6.07, 6.45) is 4.03. The van der Waals surface area contributed by atoms with Crippen LogP contribution in [0.3, 0.4) is 0 Å². The normalized spacial score (nSPS) is 23.8. The van der Waals surface area contributed by atoms with Crippen LogP contribution in [0, 0.1) is 0 Å². The molecule has 1 aromatic rings. The molecule has 3 heterocycles. The first-order valence-electron chi connectivity index (χ1n) is 8.25. The van der Waals surface area contributed by atoms with Crippen LogP contribution in [0.1, 0.15) is 40.0 Å². The Labute approximate surface area is 128 Å². The third-order valence-corrected chi connectivity index (χ3v) is 4.38. The molecule has 0 aromatic carbocycles. The van der Waals surface area contributed by atoms with Gasteiger partial charge in [-0.15, -0.1) is 0 Å². The molecule has 0 bridgehead atoms. The van der Waals surface area contributed by atoms with E-state index in [-0.39, 0.29) is 5.54 Å². The Balaban J connectivity index is 1.65. The average Bonchev–Trinajstić information content (AvgIpc) is 3.08. The number of nitrogens with zero attached hydrogens (tertiary/aromatic N) is 3. The van der Waals surface area contributed by atoms with E-state index in [9.17, 15) is 0 Å². The second-order valence-corrected chi connectivity index (χ2v) is 7.39. The van der Waals surface area contributed by atoms with Gasteiger partial charge >= 0.3 is 0 Å². The molecule has 2 aliphatic rings. The molecule has 1 unspecified atom stereocenters. The van der Waals surface area contributed by atoms with Crippen LogP contribution >= 0.6 is 0 Å². The highest BCUT2D eigenvalue weighted by atomic mass is 15.3. The lowest BCUT2D eigenvalue weighted by atomic mass is 10.1. The molecule has 4 nitrogen and oxygen atoms in total. The Morgan fingerprint density at radius 1 is 1.14 bits per heavy atom. The summed E-state index contributed by atoms with van der Waals surface area (Å²) in [6, 6.07) is 7.04. The number of rotatable bonds is 3. The third kappa shape index (κ3) is 3.67. The molecule has 1 aromatic heterocycles. The maximum atomic E-state index is 4.80. The fraction of sp³-hybridized carbons (Fsp3) is 0.706. The molecule has 21 heavy (non-hydrogen) atoms. The van der Waals surface area contributed by atoms with Crippen molar-refractivity contribution in [2.24, 2.45) is 0 Å². The topological polar surface area (TPSA) is 31.4 Å². The Kier molecular flexibility index (Phi) is 4.07. The van der Waals surface area contributed by atoms with E-state index in [1.54, 1.807) is 0 Å². The van der Waals surface area contributed by atoms with E-state index < -0.39 is 0 Å². The second-order valence-electron chi connectivity index (χ2n) is 7.39. The second kappa shape index (κ2) is 5.84. The molecular weight excluding hydrogens is 260 g/mol. The van der Waals surface area contributed by atoms with Crippen molar-refractivity contribution in [2.45, 2.75) is 51.6 Å². The number of anilines is 2. The van der Waals surface area contributed by atoms with Crippen LogP contribution in [0.4, 0.5) is 11.6 Å². The van der Waals surface area contributed by atoms with Gasteiger partial charge in [-0.25, -0.2) is 4.98 Å². The fourth-order valence-corrected chi connectivity index (χ4v) is 3.41. The quantitative estimate of drug-likeness (QED) is 0.926. The summed E-state index contributed by atoms with van der Waals surface area (Å²) in [7, 11) is 0. The van der Waals surface area contributed by atoms with Crippen molar-refractivity contribution in [1.82, 2.24) is 9.88 Å². The summed E-state index contributed by atoms with van der Waals surface area (Å²) in [5, 5.41) is 3.46. The first-order chi connectivity index (χ1) is 10.0. The Bertz CT molecular complexity index is 474. The lowest BCUT2D eigenvalue weighted by molar-refractivity contribution is 0.260. The van der Waals surface area contributed by atoms with Crippen LogP contribution in [0.15, 0.2) is 18.2 Å². The predicted octanol–water partition coefficient (Wildman–Crippen LogP) is 2.97. The molecule has 0 saturated carbocycles. The average molecular weight is 288 g/mol. The van der Waals surface area contributed by atoms with Gasteiger partial charge in [0.25, 0.3) is 0 Å². The highest BCUT2D eigenvalue weighted by Gasteiger charge is 2.29. The predicted molar refractivity (Wildman–Crippen MR) is 89.0 cm³/mol. The van der Waals surface area contributed by atoms with Gasteiger partial charge in [0, 0.05) is 24.7 Å². The van der Waals surface area contributed by atoms with E-state index in [4.69, 9.17) is 4.98 Å². The van der Waals surface area contributed by atoms with Gasteiger partial charge in [-0.1, -0.05) is 6.07 Å². The largest absolute Gasteiger partial charge is 0.365 e. The minimum atomic E-state index is 0.0503. The van der Waals surface area contributed by atoms with E-state index in [0.29, 0.717) is 0 Å². The highest BCUT2D eigenvalue weighted by molar-refractivity contribution is 5.48. The van der Waals surface area contributed by atoms with Gasteiger partial charge in [-0.3, -0.25) is 4.90 Å². The van der Waals surface area contributed by atoms with E-state index >= 15 is 0 Å². The Morgan fingerprint density at radius 2 is 1.90 bits per heavy atom. The summed E-state index contributed by atoms with van der Waals surface area (Å²) in [5.74, 6) is 2.09. The van der Waals surface area contributed by atoms with E-state index in [0.717, 1.165) is 30.8 Å². The van der Waals surface area contributed by atoms with Gasteiger partial charge < -0.3 is 10.2 Å². The minimum Gasteiger partial charge on any atom is -0.365 e. The van der Waals surface area contributed by atoms with Crippen LogP contribution < -0.4 is 10.2 Å². The molecule has 1 N–H and O–H groups in total. The van der Waals surface area contributed by atoms with Crippen molar-refractivity contribution in [3.8, 4) is 0 Å². The molecule has 0 spiro atoms. The van der Waals surface area contributed by atoms with Gasteiger partial charge in [-0.2, -0.15) is 0 Å². The monoisotopic (exact) mass is 288 g/mol. The molecule has 2 fully saturated rings. The fourth-order valence-electron chi connectivity index (χ4n) is 3.41. The molecule has 2 aliphatic heterocycles. The summed E-state index contributed by atoms with van der Waals surface area (Å²) in [6.45, 7) is 11.3. The molecule has 2 saturated heterocycles. The van der Waals surface area contributed by atoms with E-state index in [1.165, 1.54) is 32.4 Å². The van der Waals surface area contributed by atoms with Crippen LogP contribution in [0.25, 0.3) is 0 Å². The Hall–Kier alpha value is -1.29. The van der Waals surface area contributed by atoms with Crippen molar-refractivity contribution in [2.75, 3.05) is 36.4 Å². The molecule has 0 aliphatic carbocycles. The number of hydrogen-bond donors (Lipinski definition) is 1. The number of hydrogen-bond acceptors (Lipinski definition) is 4. The third-order valence-electron chi connectivity index (χ3n) is 4.38. The molecule has 3 rings (SSSR count). The zero-order valence-corrected chi connectivity index (χ0v) is 13.6. The van der Waals surface area contributed by atoms with Crippen molar-refractivity contribution in [1.29, 1.82) is 0 Å². The van der Waals surface area contributed by atoms with Gasteiger partial charge in [0.1, 0.15) is 11.6 Å². The molecule has 1 atom stereocenters. The maximum Gasteiger partial charge on any atom is 0.131 e. The van der Waals surface area contributed by atoms with Crippen molar-refractivity contribution < 1.29 is 0 Å². The van der Waals surface area contributed by atoms with Gasteiger partial charge in [0.05, 0.1) is 0 Å². The SMILES string of the molecule is CC(C)(C)Nc1cccc(N2CCC(N3CCCC3)C2)n1. The number of pyridine rings is 1. The van der Waals surface area contributed by atoms with Crippen molar-refractivity contribution in [3.63, 3.8) is 0 Å². The van der Waals surface area contributed by atoms with Crippen LogP contribution in [-0.4, -0.2) is 47.6 Å². The number of nitrogens with one attached hydrogen (secondary N) is 1. The van der Waals surface area contributed by atoms with Crippen LogP contribution in [-0.2, 0) is 0 Å². The molecule has 0 radical (unpaired) electrons. The molecule has 0 amide bonds. The smallest absolute Gasteiger partial charge is 0.131 e. The van der Waals surface area contributed by atoms with E-state index in [2.05, 4.69) is 54.1 Å². The lowest BCUT2D eigenvalue weighted by Crippen LogP contribution is -2.35.